The second-order valence-electron chi connectivity index (χ2n) is 8.69. The zero-order valence-electron chi connectivity index (χ0n) is 16.9. The van der Waals surface area contributed by atoms with Crippen LogP contribution in [0.3, 0.4) is 0 Å². The molecule has 31 heavy (non-hydrogen) atoms. The van der Waals surface area contributed by atoms with Crippen molar-refractivity contribution in [3.63, 3.8) is 0 Å². The number of hydrogen-bond acceptors (Lipinski definition) is 3. The summed E-state index contributed by atoms with van der Waals surface area (Å²) >= 11 is 0. The number of benzene rings is 2. The van der Waals surface area contributed by atoms with Crippen molar-refractivity contribution in [3.8, 4) is 0 Å². The molecule has 0 saturated heterocycles. The summed E-state index contributed by atoms with van der Waals surface area (Å²) in [6.07, 6.45) is -4.79. The van der Waals surface area contributed by atoms with Crippen LogP contribution in [0.2, 0.25) is 0 Å². The lowest BCUT2D eigenvalue weighted by Gasteiger charge is -2.41. The lowest BCUT2D eigenvalue weighted by molar-refractivity contribution is -0.171. The maximum atomic E-state index is 14.9. The largest absolute Gasteiger partial charge is 0.471 e. The summed E-state index contributed by atoms with van der Waals surface area (Å²) in [5.41, 5.74) is -0.207. The average Bonchev–Trinajstić information content (AvgIpc) is 2.80. The predicted octanol–water partition coefficient (Wildman–Crippen LogP) is 5.55. The number of aliphatic imine (C=N–C) groups is 1. The van der Waals surface area contributed by atoms with Crippen LogP contribution in [0, 0.1) is 17.2 Å². The van der Waals surface area contributed by atoms with Gasteiger partial charge in [-0.25, -0.2) is 4.39 Å². The minimum absolute atomic E-state index is 0.0893. The van der Waals surface area contributed by atoms with Crippen LogP contribution in [0.5, 0.6) is 0 Å². The first-order valence-corrected chi connectivity index (χ1v) is 9.84. The van der Waals surface area contributed by atoms with Gasteiger partial charge in [0.1, 0.15) is 11.6 Å². The molecule has 1 amide bonds. The van der Waals surface area contributed by atoms with Crippen LogP contribution in [0.4, 0.5) is 28.9 Å². The Bertz CT molecular complexity index is 1090. The monoisotopic (exact) mass is 432 g/mol. The van der Waals surface area contributed by atoms with Crippen molar-refractivity contribution in [2.75, 3.05) is 4.90 Å². The quantitative estimate of drug-likeness (QED) is 0.555. The van der Waals surface area contributed by atoms with E-state index in [4.69, 9.17) is 0 Å². The SMILES string of the molecule is CC1(C)CC(=O)C2C(=Nc3ccccc3N(C(=O)C(F)(F)F)C2c2ccccc2F)C1. The molecule has 1 aliphatic carbocycles. The van der Waals surface area contributed by atoms with Crippen LogP contribution in [0.15, 0.2) is 53.5 Å². The van der Waals surface area contributed by atoms with Crippen molar-refractivity contribution in [2.24, 2.45) is 16.3 Å². The van der Waals surface area contributed by atoms with E-state index in [-0.39, 0.29) is 29.1 Å². The fraction of sp³-hybridized carbons (Fsp3) is 0.348. The Balaban J connectivity index is 2.03. The number of anilines is 1. The smallest absolute Gasteiger partial charge is 0.299 e. The van der Waals surface area contributed by atoms with Crippen molar-refractivity contribution in [3.05, 3.63) is 59.9 Å². The molecule has 1 aliphatic heterocycles. The van der Waals surface area contributed by atoms with Gasteiger partial charge in [-0.3, -0.25) is 19.5 Å². The van der Waals surface area contributed by atoms with Gasteiger partial charge in [0.2, 0.25) is 0 Å². The molecular formula is C23H20F4N2O2. The number of para-hydroxylation sites is 2. The molecule has 2 aliphatic rings. The average molecular weight is 432 g/mol. The zero-order chi connectivity index (χ0) is 22.6. The Morgan fingerprint density at radius 1 is 1.06 bits per heavy atom. The molecular weight excluding hydrogens is 412 g/mol. The van der Waals surface area contributed by atoms with E-state index in [2.05, 4.69) is 4.99 Å². The Kier molecular flexibility index (Phi) is 4.98. The first-order valence-electron chi connectivity index (χ1n) is 9.84. The number of halogens is 4. The Morgan fingerprint density at radius 2 is 1.71 bits per heavy atom. The van der Waals surface area contributed by atoms with Crippen LogP contribution in [-0.4, -0.2) is 23.6 Å². The maximum Gasteiger partial charge on any atom is 0.471 e. The van der Waals surface area contributed by atoms with Crippen LogP contribution in [-0.2, 0) is 9.59 Å². The molecule has 0 bridgehead atoms. The van der Waals surface area contributed by atoms with Crippen molar-refractivity contribution < 1.29 is 27.2 Å². The highest BCUT2D eigenvalue weighted by Gasteiger charge is 2.53. The normalized spacial score (nSPS) is 22.8. The van der Waals surface area contributed by atoms with Gasteiger partial charge in [-0.1, -0.05) is 44.2 Å². The lowest BCUT2D eigenvalue weighted by atomic mass is 9.68. The molecule has 2 aromatic rings. The molecule has 2 aromatic carbocycles. The van der Waals surface area contributed by atoms with E-state index in [0.717, 1.165) is 6.07 Å². The van der Waals surface area contributed by atoms with Gasteiger partial charge in [-0.2, -0.15) is 13.2 Å². The van der Waals surface area contributed by atoms with Gasteiger partial charge in [0.15, 0.2) is 0 Å². The van der Waals surface area contributed by atoms with E-state index in [1.54, 1.807) is 6.07 Å². The highest BCUT2D eigenvalue weighted by molar-refractivity contribution is 6.13. The fourth-order valence-electron chi connectivity index (χ4n) is 4.52. The van der Waals surface area contributed by atoms with Crippen molar-refractivity contribution in [2.45, 2.75) is 38.9 Å². The molecule has 162 valence electrons. The maximum absolute atomic E-state index is 14.9. The summed E-state index contributed by atoms with van der Waals surface area (Å²) in [4.78, 5) is 30.9. The summed E-state index contributed by atoms with van der Waals surface area (Å²) in [6, 6.07) is 9.70. The lowest BCUT2D eigenvalue weighted by Crippen LogP contribution is -2.50. The summed E-state index contributed by atoms with van der Waals surface area (Å²) in [5.74, 6) is -4.49. The van der Waals surface area contributed by atoms with Crippen molar-refractivity contribution in [1.29, 1.82) is 0 Å². The number of carbonyl (C=O) groups is 2. The van der Waals surface area contributed by atoms with E-state index >= 15 is 0 Å². The Labute approximate surface area is 176 Å². The van der Waals surface area contributed by atoms with Gasteiger partial charge in [-0.15, -0.1) is 0 Å². The zero-order valence-corrected chi connectivity index (χ0v) is 16.9. The van der Waals surface area contributed by atoms with Gasteiger partial charge in [0.25, 0.3) is 0 Å². The number of hydrogen-bond donors (Lipinski definition) is 0. The number of fused-ring (bicyclic) bond motifs is 2. The number of alkyl halides is 3. The molecule has 4 nitrogen and oxygen atoms in total. The van der Waals surface area contributed by atoms with Gasteiger partial charge in [0, 0.05) is 17.7 Å². The molecule has 2 unspecified atom stereocenters. The van der Waals surface area contributed by atoms with Crippen LogP contribution in [0.1, 0.15) is 38.3 Å². The summed E-state index contributed by atoms with van der Waals surface area (Å²) in [6.45, 7) is 3.74. The van der Waals surface area contributed by atoms with Gasteiger partial charge in [-0.05, 0) is 30.0 Å². The number of Topliss-reactive ketones (excluding diaryl/α,β-unsaturated/α-hetero) is 1. The molecule has 0 spiro atoms. The second-order valence-corrected chi connectivity index (χ2v) is 8.69. The van der Waals surface area contributed by atoms with E-state index in [1.807, 2.05) is 13.8 Å². The van der Waals surface area contributed by atoms with Crippen molar-refractivity contribution >= 4 is 28.8 Å². The van der Waals surface area contributed by atoms with Crippen LogP contribution >= 0.6 is 0 Å². The number of amides is 1. The minimum Gasteiger partial charge on any atom is -0.299 e. The molecule has 4 rings (SSSR count). The molecule has 8 heteroatoms. The predicted molar refractivity (Wildman–Crippen MR) is 108 cm³/mol. The highest BCUT2D eigenvalue weighted by atomic mass is 19.4. The summed E-state index contributed by atoms with van der Waals surface area (Å²) in [7, 11) is 0. The Morgan fingerprint density at radius 3 is 2.39 bits per heavy atom. The minimum atomic E-state index is -5.22. The fourth-order valence-corrected chi connectivity index (χ4v) is 4.52. The summed E-state index contributed by atoms with van der Waals surface area (Å²) in [5, 5.41) is 0. The van der Waals surface area contributed by atoms with Gasteiger partial charge < -0.3 is 0 Å². The third-order valence-electron chi connectivity index (χ3n) is 5.70. The molecule has 0 aromatic heterocycles. The summed E-state index contributed by atoms with van der Waals surface area (Å²) < 4.78 is 55.9. The molecule has 1 fully saturated rings. The highest BCUT2D eigenvalue weighted by Crippen LogP contribution is 2.49. The number of ketones is 1. The van der Waals surface area contributed by atoms with Gasteiger partial charge in [0.05, 0.1) is 23.3 Å². The second kappa shape index (κ2) is 7.28. The van der Waals surface area contributed by atoms with Crippen LogP contribution in [0.25, 0.3) is 0 Å². The third kappa shape index (κ3) is 3.75. The van der Waals surface area contributed by atoms with E-state index < -0.39 is 35.3 Å². The molecule has 1 heterocycles. The topological polar surface area (TPSA) is 49.7 Å². The molecule has 1 saturated carbocycles. The van der Waals surface area contributed by atoms with E-state index in [1.165, 1.54) is 36.4 Å². The number of carbonyl (C=O) groups excluding carboxylic acids is 2. The third-order valence-corrected chi connectivity index (χ3v) is 5.70. The van der Waals surface area contributed by atoms with Crippen LogP contribution < -0.4 is 4.90 Å². The number of rotatable bonds is 1. The first-order chi connectivity index (χ1) is 14.5. The standard InChI is InChI=1S/C23H20F4N2O2/c1-22(2)11-16-19(18(30)12-22)20(13-7-3-4-8-14(13)24)29(21(31)23(25,26)27)17-10-6-5-9-15(17)28-16/h3-10,19-20H,11-12H2,1-2H3. The van der Waals surface area contributed by atoms with E-state index in [9.17, 15) is 27.2 Å². The Hall–Kier alpha value is -3.03. The molecule has 0 N–H and O–H groups in total. The molecule has 0 radical (unpaired) electrons. The van der Waals surface area contributed by atoms with Gasteiger partial charge >= 0.3 is 12.1 Å². The van der Waals surface area contributed by atoms with Crippen molar-refractivity contribution in [1.82, 2.24) is 0 Å². The first kappa shape index (κ1) is 21.2. The van der Waals surface area contributed by atoms with E-state index in [0.29, 0.717) is 17.0 Å². The number of nitrogens with zero attached hydrogens (tertiary/aromatic N) is 2. The molecule has 2 atom stereocenters.